The molecule has 1 fully saturated rings. The molecular weight excluding hydrogens is 402 g/mol. The highest BCUT2D eigenvalue weighted by atomic mass is 35.5. The number of nitrogens with one attached hydrogen (secondary N) is 2. The molecule has 4 rings (SSSR count). The maximum atomic E-state index is 7.80. The van der Waals surface area contributed by atoms with E-state index in [4.69, 9.17) is 27.7 Å². The minimum Gasteiger partial charge on any atom is -0.402 e. The van der Waals surface area contributed by atoms with Gasteiger partial charge in [-0.3, -0.25) is 4.40 Å². The molecule has 3 atom stereocenters. The molecule has 3 aromatic rings. The first-order valence-corrected chi connectivity index (χ1v) is 10.1. The van der Waals surface area contributed by atoms with Gasteiger partial charge in [0.05, 0.1) is 18.4 Å². The summed E-state index contributed by atoms with van der Waals surface area (Å²) in [5.74, 6) is 1.36. The van der Waals surface area contributed by atoms with E-state index in [1.807, 2.05) is 17.4 Å². The average Bonchev–Trinajstić information content (AvgIpc) is 3.13. The lowest BCUT2D eigenvalue weighted by molar-refractivity contribution is 0.362. The van der Waals surface area contributed by atoms with Crippen molar-refractivity contribution in [1.29, 1.82) is 5.41 Å². The van der Waals surface area contributed by atoms with E-state index < -0.39 is 0 Å². The van der Waals surface area contributed by atoms with Crippen molar-refractivity contribution in [2.45, 2.75) is 38.9 Å². The summed E-state index contributed by atoms with van der Waals surface area (Å²) < 4.78 is 1.83. The molecule has 4 N–H and O–H groups in total. The van der Waals surface area contributed by atoms with Gasteiger partial charge in [-0.15, -0.1) is 0 Å². The summed E-state index contributed by atoms with van der Waals surface area (Å²) in [6, 6.07) is 2.06. The van der Waals surface area contributed by atoms with E-state index in [0.29, 0.717) is 22.3 Å². The van der Waals surface area contributed by atoms with Crippen molar-refractivity contribution in [3.63, 3.8) is 0 Å². The Kier molecular flexibility index (Phi) is 5.40. The number of hydrogen-bond donors (Lipinski definition) is 3. The molecule has 1 aliphatic heterocycles. The molecule has 1 aliphatic rings. The number of halogens is 1. The van der Waals surface area contributed by atoms with Crippen LogP contribution in [0.1, 0.15) is 20.8 Å². The number of imidazole rings is 1. The molecule has 0 saturated carbocycles. The van der Waals surface area contributed by atoms with Gasteiger partial charge in [0.15, 0.2) is 11.5 Å². The maximum absolute atomic E-state index is 7.80. The highest BCUT2D eigenvalue weighted by Gasteiger charge is 2.34. The van der Waals surface area contributed by atoms with Gasteiger partial charge >= 0.3 is 0 Å². The van der Waals surface area contributed by atoms with Crippen LogP contribution in [-0.4, -0.2) is 55.2 Å². The summed E-state index contributed by atoms with van der Waals surface area (Å²) in [7, 11) is 0. The fourth-order valence-electron chi connectivity index (χ4n) is 3.90. The Balaban J connectivity index is 1.73. The molecule has 0 spiro atoms. The van der Waals surface area contributed by atoms with Gasteiger partial charge in [0, 0.05) is 48.5 Å². The minimum atomic E-state index is -0.0738. The predicted molar refractivity (Wildman–Crippen MR) is 118 cm³/mol. The van der Waals surface area contributed by atoms with Gasteiger partial charge < -0.3 is 21.4 Å². The standard InChI is InChI=1S/C20H24ClN9/c1-11-9-29(13(3)19(27-11)14(6-22)12(2)23)17-4-5-24-20(28-17)15-7-26-18-8-25-16(21)10-30(15)18/h4-8,10-11,13,19,22,27H,9,23H2,1-3H3. The van der Waals surface area contributed by atoms with Crippen LogP contribution in [0.15, 0.2) is 42.1 Å². The van der Waals surface area contributed by atoms with Gasteiger partial charge in [-0.2, -0.15) is 0 Å². The third-order valence-electron chi connectivity index (χ3n) is 5.38. The quantitative estimate of drug-likeness (QED) is 0.548. The number of aromatic nitrogens is 5. The van der Waals surface area contributed by atoms with Crippen LogP contribution in [-0.2, 0) is 0 Å². The van der Waals surface area contributed by atoms with Crippen molar-refractivity contribution in [2.75, 3.05) is 11.4 Å². The molecule has 1 saturated heterocycles. The summed E-state index contributed by atoms with van der Waals surface area (Å²) in [6.45, 7) is 6.82. The highest BCUT2D eigenvalue weighted by Crippen LogP contribution is 2.26. The number of nitrogens with zero attached hydrogens (tertiary/aromatic N) is 6. The summed E-state index contributed by atoms with van der Waals surface area (Å²) in [5.41, 5.74) is 8.88. The molecular formula is C20H24ClN9. The van der Waals surface area contributed by atoms with E-state index in [9.17, 15) is 0 Å². The van der Waals surface area contributed by atoms with Crippen LogP contribution in [0.2, 0.25) is 5.15 Å². The molecule has 0 radical (unpaired) electrons. The van der Waals surface area contributed by atoms with Crippen LogP contribution in [0.5, 0.6) is 0 Å². The van der Waals surface area contributed by atoms with Crippen molar-refractivity contribution in [2.24, 2.45) is 5.73 Å². The SMILES string of the molecule is CC(N)=C(C=N)C1NC(C)CN(c2ccnc(-c3cnc4cnc(Cl)cn34)n2)C1C. The van der Waals surface area contributed by atoms with Crippen LogP contribution in [0.3, 0.4) is 0 Å². The van der Waals surface area contributed by atoms with Gasteiger partial charge in [0.1, 0.15) is 16.7 Å². The van der Waals surface area contributed by atoms with E-state index in [1.165, 1.54) is 6.21 Å². The van der Waals surface area contributed by atoms with Crippen LogP contribution in [0, 0.1) is 5.41 Å². The van der Waals surface area contributed by atoms with E-state index in [-0.39, 0.29) is 18.1 Å². The lowest BCUT2D eigenvalue weighted by Crippen LogP contribution is -2.62. The first-order valence-electron chi connectivity index (χ1n) is 9.70. The second kappa shape index (κ2) is 8.00. The summed E-state index contributed by atoms with van der Waals surface area (Å²) >= 11 is 6.06. The van der Waals surface area contributed by atoms with Crippen molar-refractivity contribution in [3.8, 4) is 11.5 Å². The van der Waals surface area contributed by atoms with Gasteiger partial charge in [-0.25, -0.2) is 19.9 Å². The van der Waals surface area contributed by atoms with Crippen molar-refractivity contribution in [3.05, 3.63) is 47.3 Å². The molecule has 30 heavy (non-hydrogen) atoms. The topological polar surface area (TPSA) is 121 Å². The number of hydrogen-bond acceptors (Lipinski definition) is 8. The van der Waals surface area contributed by atoms with Crippen LogP contribution in [0.4, 0.5) is 5.82 Å². The zero-order valence-corrected chi connectivity index (χ0v) is 17.8. The van der Waals surface area contributed by atoms with E-state index in [2.05, 4.69) is 39.0 Å². The maximum Gasteiger partial charge on any atom is 0.180 e. The Hall–Kier alpha value is -3.04. The second-order valence-electron chi connectivity index (χ2n) is 7.54. The number of allylic oxidation sites excluding steroid dienone is 1. The van der Waals surface area contributed by atoms with Gasteiger partial charge in [0.2, 0.25) is 0 Å². The Morgan fingerprint density at radius 3 is 2.83 bits per heavy atom. The monoisotopic (exact) mass is 425 g/mol. The van der Waals surface area contributed by atoms with Gasteiger partial charge in [-0.1, -0.05) is 11.6 Å². The molecule has 0 aromatic carbocycles. The second-order valence-corrected chi connectivity index (χ2v) is 7.93. The van der Waals surface area contributed by atoms with Gasteiger partial charge in [-0.05, 0) is 26.8 Å². The Bertz CT molecular complexity index is 1120. The third-order valence-corrected chi connectivity index (χ3v) is 5.58. The van der Waals surface area contributed by atoms with Crippen molar-refractivity contribution >= 4 is 29.3 Å². The largest absolute Gasteiger partial charge is 0.402 e. The number of fused-ring (bicyclic) bond motifs is 1. The predicted octanol–water partition coefficient (Wildman–Crippen LogP) is 2.28. The Morgan fingerprint density at radius 1 is 1.30 bits per heavy atom. The first-order chi connectivity index (χ1) is 14.4. The number of nitrogens with two attached hydrogens (primary N) is 1. The average molecular weight is 426 g/mol. The number of rotatable bonds is 4. The zero-order chi connectivity index (χ0) is 21.4. The number of anilines is 1. The van der Waals surface area contributed by atoms with Crippen molar-refractivity contribution in [1.82, 2.24) is 29.7 Å². The Morgan fingerprint density at radius 2 is 2.10 bits per heavy atom. The Labute approximate surface area is 179 Å². The van der Waals surface area contributed by atoms with Crippen molar-refractivity contribution < 1.29 is 0 Å². The van der Waals surface area contributed by atoms with E-state index in [0.717, 1.165) is 23.6 Å². The lowest BCUT2D eigenvalue weighted by atomic mass is 9.94. The molecule has 3 aromatic heterocycles. The lowest BCUT2D eigenvalue weighted by Gasteiger charge is -2.44. The number of piperazine rings is 1. The third kappa shape index (κ3) is 3.61. The molecule has 0 aliphatic carbocycles. The molecule has 9 nitrogen and oxygen atoms in total. The molecule has 4 heterocycles. The van der Waals surface area contributed by atoms with E-state index >= 15 is 0 Å². The van der Waals surface area contributed by atoms with Gasteiger partial charge in [0.25, 0.3) is 0 Å². The van der Waals surface area contributed by atoms with E-state index in [1.54, 1.807) is 24.8 Å². The zero-order valence-electron chi connectivity index (χ0n) is 17.0. The normalized spacial score (nSPS) is 22.8. The molecule has 0 amide bonds. The summed E-state index contributed by atoms with van der Waals surface area (Å²) in [6.07, 6.45) is 8.11. The molecule has 10 heteroatoms. The van der Waals surface area contributed by atoms with Crippen LogP contribution < -0.4 is 16.0 Å². The minimum absolute atomic E-state index is 0.0416. The highest BCUT2D eigenvalue weighted by molar-refractivity contribution is 6.29. The fraction of sp³-hybridized carbons (Fsp3) is 0.350. The molecule has 156 valence electrons. The van der Waals surface area contributed by atoms with Crippen LogP contribution in [0.25, 0.3) is 17.2 Å². The van der Waals surface area contributed by atoms with Crippen LogP contribution >= 0.6 is 11.6 Å². The molecule has 3 unspecified atom stereocenters. The first kappa shape index (κ1) is 20.2. The molecule has 0 bridgehead atoms. The smallest absolute Gasteiger partial charge is 0.180 e. The summed E-state index contributed by atoms with van der Waals surface area (Å²) in [4.78, 5) is 19.9. The fourth-order valence-corrected chi connectivity index (χ4v) is 4.05. The summed E-state index contributed by atoms with van der Waals surface area (Å²) in [5, 5.41) is 11.7.